The number of fused-ring (bicyclic) bond motifs is 1. The number of carbonyl (C=O) groups excluding carboxylic acids is 1. The molecule has 4 rings (SSSR count). The van der Waals surface area contributed by atoms with Crippen molar-refractivity contribution < 1.29 is 13.9 Å². The summed E-state index contributed by atoms with van der Waals surface area (Å²) in [5, 5.41) is 5.46. The predicted molar refractivity (Wildman–Crippen MR) is 109 cm³/mol. The Hall–Kier alpha value is -2.48. The van der Waals surface area contributed by atoms with Gasteiger partial charge in [-0.3, -0.25) is 14.5 Å². The normalized spacial score (nSPS) is 16.2. The van der Waals surface area contributed by atoms with E-state index < -0.39 is 0 Å². The third kappa shape index (κ3) is 4.01. The number of amides is 1. The molecule has 2 aromatic heterocycles. The van der Waals surface area contributed by atoms with Crippen LogP contribution in [0.15, 0.2) is 51.0 Å². The minimum Gasteiger partial charge on any atom is -0.451 e. The number of thiophene rings is 1. The maximum absolute atomic E-state index is 12.7. The summed E-state index contributed by atoms with van der Waals surface area (Å²) in [7, 11) is 0. The number of hydrogen-bond acceptors (Lipinski definition) is 6. The van der Waals surface area contributed by atoms with Crippen molar-refractivity contribution in [2.24, 2.45) is 0 Å². The molecule has 0 radical (unpaired) electrons. The van der Waals surface area contributed by atoms with Gasteiger partial charge in [0.1, 0.15) is 5.58 Å². The zero-order valence-electron chi connectivity index (χ0n) is 15.6. The van der Waals surface area contributed by atoms with E-state index in [1.165, 1.54) is 10.9 Å². The highest BCUT2D eigenvalue weighted by Crippen LogP contribution is 2.25. The van der Waals surface area contributed by atoms with Crippen molar-refractivity contribution in [3.8, 4) is 0 Å². The highest BCUT2D eigenvalue weighted by atomic mass is 32.1. The van der Waals surface area contributed by atoms with Crippen LogP contribution in [0.5, 0.6) is 0 Å². The molecule has 0 bridgehead atoms. The van der Waals surface area contributed by atoms with Crippen LogP contribution in [0.4, 0.5) is 0 Å². The molecule has 0 aliphatic carbocycles. The molecule has 7 heteroatoms. The van der Waals surface area contributed by atoms with Gasteiger partial charge in [-0.2, -0.15) is 0 Å². The van der Waals surface area contributed by atoms with E-state index in [0.717, 1.165) is 18.7 Å². The van der Waals surface area contributed by atoms with Crippen LogP contribution in [0.3, 0.4) is 0 Å². The summed E-state index contributed by atoms with van der Waals surface area (Å²) in [6.45, 7) is 5.38. The number of nitrogens with zero attached hydrogens (tertiary/aromatic N) is 1. The minimum absolute atomic E-state index is 0.0354. The molecule has 1 atom stereocenters. The fraction of sp³-hybridized carbons (Fsp3) is 0.333. The topological polar surface area (TPSA) is 71.8 Å². The van der Waals surface area contributed by atoms with Gasteiger partial charge in [0.25, 0.3) is 5.91 Å². The molecule has 1 fully saturated rings. The molecule has 1 aliphatic heterocycles. The molecule has 0 spiro atoms. The van der Waals surface area contributed by atoms with Crippen molar-refractivity contribution in [2.75, 3.05) is 32.8 Å². The van der Waals surface area contributed by atoms with E-state index in [1.807, 2.05) is 24.4 Å². The number of hydrogen-bond donors (Lipinski definition) is 1. The van der Waals surface area contributed by atoms with Gasteiger partial charge in [0.2, 0.25) is 0 Å². The first-order valence-electron chi connectivity index (χ1n) is 9.30. The highest BCUT2D eigenvalue weighted by Gasteiger charge is 2.24. The van der Waals surface area contributed by atoms with Crippen LogP contribution in [-0.4, -0.2) is 43.7 Å². The Labute approximate surface area is 166 Å². The summed E-state index contributed by atoms with van der Waals surface area (Å²) in [6, 6.07) is 10.8. The lowest BCUT2D eigenvalue weighted by Gasteiger charge is -2.34. The molecule has 3 heterocycles. The number of morpholine rings is 1. The Balaban J connectivity index is 1.53. The van der Waals surface area contributed by atoms with Crippen molar-refractivity contribution in [1.29, 1.82) is 0 Å². The number of nitrogens with one attached hydrogen (secondary N) is 1. The van der Waals surface area contributed by atoms with Gasteiger partial charge in [0, 0.05) is 30.6 Å². The van der Waals surface area contributed by atoms with E-state index in [-0.39, 0.29) is 23.1 Å². The Morgan fingerprint density at radius 2 is 2.07 bits per heavy atom. The molecule has 1 amide bonds. The third-order valence-corrected chi connectivity index (χ3v) is 5.89. The molecule has 6 nitrogen and oxygen atoms in total. The second-order valence-corrected chi connectivity index (χ2v) is 7.84. The Kier molecular flexibility index (Phi) is 5.57. The van der Waals surface area contributed by atoms with Gasteiger partial charge in [0.05, 0.1) is 24.6 Å². The Morgan fingerprint density at radius 3 is 2.82 bits per heavy atom. The summed E-state index contributed by atoms with van der Waals surface area (Å²) in [4.78, 5) is 28.6. The summed E-state index contributed by atoms with van der Waals surface area (Å²) in [6.07, 6.45) is 0. The van der Waals surface area contributed by atoms with Gasteiger partial charge in [-0.1, -0.05) is 17.7 Å². The smallest absolute Gasteiger partial charge is 0.287 e. The van der Waals surface area contributed by atoms with Crippen LogP contribution < -0.4 is 10.7 Å². The first kappa shape index (κ1) is 18.9. The van der Waals surface area contributed by atoms with Crippen LogP contribution in [0.1, 0.15) is 27.0 Å². The van der Waals surface area contributed by atoms with Crippen molar-refractivity contribution in [3.63, 3.8) is 0 Å². The summed E-state index contributed by atoms with van der Waals surface area (Å²) < 4.78 is 11.1. The minimum atomic E-state index is -0.380. The summed E-state index contributed by atoms with van der Waals surface area (Å²) in [5.41, 5.74) is 1.19. The second-order valence-electron chi connectivity index (χ2n) is 6.86. The van der Waals surface area contributed by atoms with E-state index in [9.17, 15) is 9.59 Å². The second kappa shape index (κ2) is 8.26. The van der Waals surface area contributed by atoms with Crippen LogP contribution in [-0.2, 0) is 4.74 Å². The first-order valence-corrected chi connectivity index (χ1v) is 10.2. The maximum Gasteiger partial charge on any atom is 0.287 e. The van der Waals surface area contributed by atoms with Gasteiger partial charge in [-0.25, -0.2) is 0 Å². The fourth-order valence-corrected chi connectivity index (χ4v) is 4.30. The number of aryl methyl sites for hydroxylation is 1. The van der Waals surface area contributed by atoms with E-state index in [4.69, 9.17) is 9.15 Å². The zero-order valence-corrected chi connectivity index (χ0v) is 16.5. The largest absolute Gasteiger partial charge is 0.451 e. The summed E-state index contributed by atoms with van der Waals surface area (Å²) >= 11 is 1.67. The van der Waals surface area contributed by atoms with Crippen LogP contribution in [0.2, 0.25) is 0 Å². The maximum atomic E-state index is 12.7. The molecule has 1 aliphatic rings. The van der Waals surface area contributed by atoms with Gasteiger partial charge in [-0.05, 0) is 30.5 Å². The third-order valence-electron chi connectivity index (χ3n) is 4.92. The van der Waals surface area contributed by atoms with Crippen LogP contribution in [0.25, 0.3) is 11.0 Å². The number of ether oxygens (including phenoxy) is 1. The molecular weight excluding hydrogens is 376 g/mol. The average molecular weight is 398 g/mol. The van der Waals surface area contributed by atoms with Gasteiger partial charge >= 0.3 is 0 Å². The average Bonchev–Trinajstić information content (AvgIpc) is 3.24. The molecule has 28 heavy (non-hydrogen) atoms. The van der Waals surface area contributed by atoms with Crippen LogP contribution in [0, 0.1) is 6.92 Å². The van der Waals surface area contributed by atoms with E-state index in [0.29, 0.717) is 30.7 Å². The highest BCUT2D eigenvalue weighted by molar-refractivity contribution is 7.10. The number of rotatable bonds is 5. The quantitative estimate of drug-likeness (QED) is 0.715. The predicted octanol–water partition coefficient (Wildman–Crippen LogP) is 2.97. The van der Waals surface area contributed by atoms with E-state index in [2.05, 4.69) is 16.3 Å². The SMILES string of the molecule is Cc1ccc2oc(C(=O)NC[C@H](c3cccs3)N3CCOCC3)cc(=O)c2c1. The van der Waals surface area contributed by atoms with Crippen LogP contribution >= 0.6 is 11.3 Å². The van der Waals surface area contributed by atoms with Crippen molar-refractivity contribution in [2.45, 2.75) is 13.0 Å². The van der Waals surface area contributed by atoms with Crippen molar-refractivity contribution in [3.05, 3.63) is 68.2 Å². The molecule has 0 saturated carbocycles. The molecule has 1 saturated heterocycles. The summed E-state index contributed by atoms with van der Waals surface area (Å²) in [5.74, 6) is -0.345. The molecular formula is C21H22N2O4S. The Morgan fingerprint density at radius 1 is 1.25 bits per heavy atom. The monoisotopic (exact) mass is 398 g/mol. The van der Waals surface area contributed by atoms with E-state index >= 15 is 0 Å². The van der Waals surface area contributed by atoms with Crippen molar-refractivity contribution in [1.82, 2.24) is 10.2 Å². The molecule has 3 aromatic rings. The number of benzene rings is 1. The molecule has 0 unspecified atom stereocenters. The standard InChI is InChI=1S/C21H22N2O4S/c1-14-4-5-18-15(11-14)17(24)12-19(27-18)21(25)22-13-16(20-3-2-10-28-20)23-6-8-26-9-7-23/h2-5,10-12,16H,6-9,13H2,1H3,(H,22,25)/t16-/m1/s1. The lowest BCUT2D eigenvalue weighted by Crippen LogP contribution is -2.43. The molecule has 146 valence electrons. The zero-order chi connectivity index (χ0) is 19.5. The van der Waals surface area contributed by atoms with Gasteiger partial charge < -0.3 is 14.5 Å². The first-order chi connectivity index (χ1) is 13.6. The van der Waals surface area contributed by atoms with Crippen molar-refractivity contribution >= 4 is 28.2 Å². The lowest BCUT2D eigenvalue weighted by atomic mass is 10.1. The molecule has 1 N–H and O–H groups in total. The lowest BCUT2D eigenvalue weighted by molar-refractivity contribution is 0.0168. The van der Waals surface area contributed by atoms with Gasteiger partial charge in [0.15, 0.2) is 11.2 Å². The molecule has 1 aromatic carbocycles. The van der Waals surface area contributed by atoms with E-state index in [1.54, 1.807) is 23.5 Å². The fourth-order valence-electron chi connectivity index (χ4n) is 3.44. The van der Waals surface area contributed by atoms with Gasteiger partial charge in [-0.15, -0.1) is 11.3 Å². The Bertz CT molecular complexity index is 1020. The number of carbonyl (C=O) groups is 1.